The Hall–Kier alpha value is -4.96. The summed E-state index contributed by atoms with van der Waals surface area (Å²) in [5.74, 6) is 0. The molecular formula is C34H24N2O2. The predicted molar refractivity (Wildman–Crippen MR) is 155 cm³/mol. The molecule has 0 N–H and O–H groups in total. The molecule has 0 spiro atoms. The Morgan fingerprint density at radius 1 is 0.500 bits per heavy atom. The van der Waals surface area contributed by atoms with Gasteiger partial charge in [0.2, 0.25) is 0 Å². The Bertz CT molecular complexity index is 2040. The van der Waals surface area contributed by atoms with E-state index in [9.17, 15) is 9.59 Å². The standard InChI is InChI=1S/C34H24N2O2/c37-31-20-30(28-18-16-27-15-14-25-12-7-13-26-17-19-29(28)33(27)32(25)26)35(21-23-8-3-1-4-9-23)34(38)36(31)22-24-10-5-2-6-11-24/h1-20H,21-22H2. The van der Waals surface area contributed by atoms with Crippen molar-refractivity contribution >= 4 is 32.3 Å². The molecule has 0 unspecified atom stereocenters. The van der Waals surface area contributed by atoms with Crippen LogP contribution in [-0.4, -0.2) is 9.13 Å². The highest BCUT2D eigenvalue weighted by atomic mass is 16.2. The van der Waals surface area contributed by atoms with Gasteiger partial charge in [-0.3, -0.25) is 13.9 Å². The maximum absolute atomic E-state index is 14.0. The third kappa shape index (κ3) is 3.61. The normalized spacial score (nSPS) is 11.6. The van der Waals surface area contributed by atoms with Crippen LogP contribution >= 0.6 is 0 Å². The second kappa shape index (κ2) is 8.86. The fourth-order valence-electron chi connectivity index (χ4n) is 5.63. The average Bonchev–Trinajstić information content (AvgIpc) is 2.96. The van der Waals surface area contributed by atoms with Gasteiger partial charge in [0.1, 0.15) is 0 Å². The topological polar surface area (TPSA) is 44.0 Å². The molecule has 6 aromatic carbocycles. The van der Waals surface area contributed by atoms with Crippen molar-refractivity contribution in [1.82, 2.24) is 9.13 Å². The Labute approximate surface area is 219 Å². The molecule has 1 aromatic heterocycles. The SMILES string of the molecule is O=c1cc(-c2ccc3ccc4cccc5ccc2c3c45)n(Cc2ccccc2)c(=O)n1Cc1ccccc1. The molecule has 4 nitrogen and oxygen atoms in total. The molecule has 0 bridgehead atoms. The number of nitrogens with zero attached hydrogens (tertiary/aromatic N) is 2. The summed E-state index contributed by atoms with van der Waals surface area (Å²) >= 11 is 0. The van der Waals surface area contributed by atoms with Crippen LogP contribution in [-0.2, 0) is 13.1 Å². The predicted octanol–water partition coefficient (Wildman–Crippen LogP) is 6.67. The second-order valence-electron chi connectivity index (χ2n) is 9.76. The molecule has 1 heterocycles. The van der Waals surface area contributed by atoms with Crippen LogP contribution in [0.15, 0.2) is 131 Å². The van der Waals surface area contributed by atoms with Gasteiger partial charge in [-0.25, -0.2) is 4.79 Å². The van der Waals surface area contributed by atoms with Gasteiger partial charge in [-0.15, -0.1) is 0 Å². The first kappa shape index (κ1) is 22.3. The number of aromatic nitrogens is 2. The summed E-state index contributed by atoms with van der Waals surface area (Å²) in [6, 6.07) is 40.2. The fourth-order valence-corrected chi connectivity index (χ4v) is 5.63. The molecule has 0 atom stereocenters. The molecule has 0 radical (unpaired) electrons. The van der Waals surface area contributed by atoms with Crippen LogP contribution in [0.2, 0.25) is 0 Å². The Kier molecular flexibility index (Phi) is 5.19. The van der Waals surface area contributed by atoms with E-state index in [2.05, 4.69) is 48.5 Å². The van der Waals surface area contributed by atoms with E-state index in [1.165, 1.54) is 20.7 Å². The van der Waals surface area contributed by atoms with Gasteiger partial charge in [0.25, 0.3) is 5.56 Å². The molecule has 0 aliphatic heterocycles. The molecule has 0 aliphatic carbocycles. The largest absolute Gasteiger partial charge is 0.332 e. The first-order valence-corrected chi connectivity index (χ1v) is 12.8. The molecule has 0 fully saturated rings. The minimum atomic E-state index is -0.314. The van der Waals surface area contributed by atoms with Crippen LogP contribution in [0.5, 0.6) is 0 Å². The lowest BCUT2D eigenvalue weighted by Gasteiger charge is -2.19. The van der Waals surface area contributed by atoms with Crippen molar-refractivity contribution in [3.63, 3.8) is 0 Å². The zero-order valence-corrected chi connectivity index (χ0v) is 20.7. The van der Waals surface area contributed by atoms with Gasteiger partial charge in [0, 0.05) is 11.6 Å². The summed E-state index contributed by atoms with van der Waals surface area (Å²) < 4.78 is 3.07. The monoisotopic (exact) mass is 492 g/mol. The van der Waals surface area contributed by atoms with E-state index in [0.717, 1.165) is 32.8 Å². The molecule has 7 aromatic rings. The van der Waals surface area contributed by atoms with Gasteiger partial charge in [-0.1, -0.05) is 115 Å². The van der Waals surface area contributed by atoms with Gasteiger partial charge < -0.3 is 0 Å². The highest BCUT2D eigenvalue weighted by Crippen LogP contribution is 2.38. The molecule has 182 valence electrons. The van der Waals surface area contributed by atoms with Crippen LogP contribution in [0.3, 0.4) is 0 Å². The van der Waals surface area contributed by atoms with Crippen LogP contribution in [0, 0.1) is 0 Å². The summed E-state index contributed by atoms with van der Waals surface area (Å²) in [7, 11) is 0. The quantitative estimate of drug-likeness (QED) is 0.252. The minimum Gasteiger partial charge on any atom is -0.289 e. The van der Waals surface area contributed by atoms with E-state index < -0.39 is 0 Å². The Balaban J connectivity index is 1.51. The number of hydrogen-bond acceptors (Lipinski definition) is 2. The van der Waals surface area contributed by atoms with Gasteiger partial charge in [0.05, 0.1) is 18.8 Å². The number of hydrogen-bond donors (Lipinski definition) is 0. The van der Waals surface area contributed by atoms with Crippen molar-refractivity contribution in [2.24, 2.45) is 0 Å². The number of rotatable bonds is 5. The van der Waals surface area contributed by atoms with Gasteiger partial charge in [0.15, 0.2) is 0 Å². The van der Waals surface area contributed by atoms with E-state index in [1.54, 1.807) is 10.6 Å². The van der Waals surface area contributed by atoms with E-state index in [4.69, 9.17) is 0 Å². The third-order valence-corrected chi connectivity index (χ3v) is 7.45. The Morgan fingerprint density at radius 3 is 1.71 bits per heavy atom. The number of benzene rings is 6. The van der Waals surface area contributed by atoms with E-state index in [1.807, 2.05) is 66.7 Å². The molecular weight excluding hydrogens is 468 g/mol. The van der Waals surface area contributed by atoms with Crippen LogP contribution in [0.1, 0.15) is 11.1 Å². The average molecular weight is 493 g/mol. The summed E-state index contributed by atoms with van der Waals surface area (Å²) in [4.78, 5) is 27.5. The van der Waals surface area contributed by atoms with Crippen LogP contribution < -0.4 is 11.2 Å². The summed E-state index contributed by atoms with van der Waals surface area (Å²) in [6.07, 6.45) is 0. The zero-order valence-electron chi connectivity index (χ0n) is 20.7. The van der Waals surface area contributed by atoms with E-state index >= 15 is 0 Å². The van der Waals surface area contributed by atoms with Crippen LogP contribution in [0.25, 0.3) is 43.6 Å². The highest BCUT2D eigenvalue weighted by Gasteiger charge is 2.18. The van der Waals surface area contributed by atoms with Crippen LogP contribution in [0.4, 0.5) is 0 Å². The van der Waals surface area contributed by atoms with Crippen molar-refractivity contribution < 1.29 is 0 Å². The molecule has 38 heavy (non-hydrogen) atoms. The molecule has 4 heteroatoms. The zero-order chi connectivity index (χ0) is 25.6. The molecule has 7 rings (SSSR count). The second-order valence-corrected chi connectivity index (χ2v) is 9.76. The molecule has 0 amide bonds. The summed E-state index contributed by atoms with van der Waals surface area (Å²) in [6.45, 7) is 0.595. The maximum atomic E-state index is 14.0. The lowest BCUT2D eigenvalue weighted by Crippen LogP contribution is -2.40. The first-order chi connectivity index (χ1) is 18.7. The van der Waals surface area contributed by atoms with E-state index in [-0.39, 0.29) is 17.8 Å². The molecule has 0 saturated heterocycles. The lowest BCUT2D eigenvalue weighted by molar-refractivity contribution is 0.617. The fraction of sp³-hybridized carbons (Fsp3) is 0.0588. The Morgan fingerprint density at radius 2 is 1.05 bits per heavy atom. The van der Waals surface area contributed by atoms with Crippen molar-refractivity contribution in [2.75, 3.05) is 0 Å². The third-order valence-electron chi connectivity index (χ3n) is 7.45. The summed E-state index contributed by atoms with van der Waals surface area (Å²) in [5.41, 5.74) is 2.81. The smallest absolute Gasteiger partial charge is 0.289 e. The van der Waals surface area contributed by atoms with Crippen molar-refractivity contribution in [3.05, 3.63) is 153 Å². The molecule has 0 aliphatic rings. The lowest BCUT2D eigenvalue weighted by atomic mass is 9.91. The van der Waals surface area contributed by atoms with Crippen molar-refractivity contribution in [3.8, 4) is 11.3 Å². The van der Waals surface area contributed by atoms with Gasteiger partial charge >= 0.3 is 5.69 Å². The minimum absolute atomic E-state index is 0.228. The van der Waals surface area contributed by atoms with Crippen molar-refractivity contribution in [1.29, 1.82) is 0 Å². The van der Waals surface area contributed by atoms with Crippen molar-refractivity contribution in [2.45, 2.75) is 13.1 Å². The summed E-state index contributed by atoms with van der Waals surface area (Å²) in [5, 5.41) is 6.90. The van der Waals surface area contributed by atoms with E-state index in [0.29, 0.717) is 12.2 Å². The first-order valence-electron chi connectivity index (χ1n) is 12.8. The maximum Gasteiger partial charge on any atom is 0.332 e. The van der Waals surface area contributed by atoms with Gasteiger partial charge in [-0.2, -0.15) is 0 Å². The highest BCUT2D eigenvalue weighted by molar-refractivity contribution is 6.25. The van der Waals surface area contributed by atoms with Gasteiger partial charge in [-0.05, 0) is 43.4 Å². The molecule has 0 saturated carbocycles.